The average Bonchev–Trinajstić information content (AvgIpc) is 2.69. The molecule has 1 aromatic carbocycles. The van der Waals surface area contributed by atoms with E-state index >= 15 is 0 Å². The highest BCUT2D eigenvalue weighted by atomic mass is 32.2. The van der Waals surface area contributed by atoms with Gasteiger partial charge in [0, 0.05) is 37.9 Å². The molecular formula is C21H29N3OS. The molecule has 0 unspecified atom stereocenters. The summed E-state index contributed by atoms with van der Waals surface area (Å²) in [6, 6.07) is 15.3. The number of rotatable bonds is 9. The van der Waals surface area contributed by atoms with Crippen LogP contribution in [0.15, 0.2) is 48.7 Å². The topological polar surface area (TPSA) is 37.4 Å². The Kier molecular flexibility index (Phi) is 7.80. The zero-order valence-electron chi connectivity index (χ0n) is 15.6. The van der Waals surface area contributed by atoms with Crippen molar-refractivity contribution in [3.05, 3.63) is 59.8 Å². The Hall–Kier alpha value is -1.56. The Morgan fingerprint density at radius 2 is 1.92 bits per heavy atom. The highest BCUT2D eigenvalue weighted by Crippen LogP contribution is 2.16. The van der Waals surface area contributed by atoms with E-state index < -0.39 is 0 Å². The van der Waals surface area contributed by atoms with E-state index in [1.165, 1.54) is 24.0 Å². The number of ether oxygens (including phenoxy) is 1. The highest BCUT2D eigenvalue weighted by molar-refractivity contribution is 7.96. The summed E-state index contributed by atoms with van der Waals surface area (Å²) in [6.45, 7) is 3.98. The lowest BCUT2D eigenvalue weighted by molar-refractivity contribution is 0.201. The van der Waals surface area contributed by atoms with Crippen LogP contribution in [0.2, 0.25) is 0 Å². The molecule has 1 saturated heterocycles. The van der Waals surface area contributed by atoms with Gasteiger partial charge >= 0.3 is 0 Å². The van der Waals surface area contributed by atoms with Crippen LogP contribution in [-0.2, 0) is 13.0 Å². The van der Waals surface area contributed by atoms with E-state index in [4.69, 9.17) is 4.74 Å². The third-order valence-electron chi connectivity index (χ3n) is 4.78. The van der Waals surface area contributed by atoms with Crippen molar-refractivity contribution in [2.45, 2.75) is 38.3 Å². The van der Waals surface area contributed by atoms with Gasteiger partial charge in [0.1, 0.15) is 0 Å². The van der Waals surface area contributed by atoms with Crippen LogP contribution in [0.3, 0.4) is 0 Å². The number of hydrogen-bond acceptors (Lipinski definition) is 5. The number of hydrogen-bond donors (Lipinski definition) is 1. The predicted molar refractivity (Wildman–Crippen MR) is 109 cm³/mol. The van der Waals surface area contributed by atoms with Gasteiger partial charge in [0.2, 0.25) is 5.88 Å². The van der Waals surface area contributed by atoms with Gasteiger partial charge in [0.15, 0.2) is 0 Å². The first-order chi connectivity index (χ1) is 12.8. The molecule has 1 fully saturated rings. The molecule has 1 aliphatic heterocycles. The summed E-state index contributed by atoms with van der Waals surface area (Å²) >= 11 is 1.73. The van der Waals surface area contributed by atoms with Crippen LogP contribution in [0, 0.1) is 0 Å². The fourth-order valence-electron chi connectivity index (χ4n) is 3.32. The van der Waals surface area contributed by atoms with Crippen molar-refractivity contribution >= 4 is 11.9 Å². The lowest BCUT2D eigenvalue weighted by Gasteiger charge is -2.31. The fraction of sp³-hybridized carbons (Fsp3) is 0.476. The molecule has 0 bridgehead atoms. The summed E-state index contributed by atoms with van der Waals surface area (Å²) in [5, 5.41) is 0. The van der Waals surface area contributed by atoms with Gasteiger partial charge in [-0.3, -0.25) is 9.62 Å². The number of likely N-dealkylation sites (tertiary alicyclic amines) is 1. The van der Waals surface area contributed by atoms with E-state index in [1.54, 1.807) is 11.9 Å². The van der Waals surface area contributed by atoms with Crippen LogP contribution in [0.5, 0.6) is 5.88 Å². The average molecular weight is 372 g/mol. The van der Waals surface area contributed by atoms with Crippen molar-refractivity contribution in [2.24, 2.45) is 0 Å². The lowest BCUT2D eigenvalue weighted by atomic mass is 10.1. The summed E-state index contributed by atoms with van der Waals surface area (Å²) < 4.78 is 9.25. The Balaban J connectivity index is 1.36. The molecule has 1 aliphatic rings. The molecule has 0 spiro atoms. The molecule has 2 heterocycles. The molecule has 2 aromatic rings. The van der Waals surface area contributed by atoms with Gasteiger partial charge in [-0.05, 0) is 43.1 Å². The van der Waals surface area contributed by atoms with Crippen molar-refractivity contribution in [2.75, 3.05) is 26.0 Å². The molecule has 0 atom stereocenters. The molecule has 1 aromatic heterocycles. The minimum Gasteiger partial charge on any atom is -0.478 e. The summed E-state index contributed by atoms with van der Waals surface area (Å²) in [5.41, 5.74) is 2.62. The van der Waals surface area contributed by atoms with Crippen molar-refractivity contribution < 1.29 is 4.74 Å². The van der Waals surface area contributed by atoms with Crippen LogP contribution in [0.25, 0.3) is 0 Å². The van der Waals surface area contributed by atoms with Gasteiger partial charge in [-0.25, -0.2) is 4.98 Å². The van der Waals surface area contributed by atoms with Gasteiger partial charge in [0.25, 0.3) is 0 Å². The SMILES string of the molecule is CSNC1CCN(Cc2ccc(OCCCc3ccccc3)nc2)CC1. The van der Waals surface area contributed by atoms with Gasteiger partial charge in [-0.2, -0.15) is 0 Å². The second-order valence-electron chi connectivity index (χ2n) is 6.81. The van der Waals surface area contributed by atoms with Crippen LogP contribution < -0.4 is 9.46 Å². The third kappa shape index (κ3) is 6.31. The molecule has 26 heavy (non-hydrogen) atoms. The maximum atomic E-state index is 5.78. The van der Waals surface area contributed by atoms with Gasteiger partial charge in [-0.15, -0.1) is 0 Å². The number of pyridine rings is 1. The molecule has 0 amide bonds. The predicted octanol–water partition coefficient (Wildman–Crippen LogP) is 3.93. The number of nitrogens with zero attached hydrogens (tertiary/aromatic N) is 2. The Morgan fingerprint density at radius 1 is 1.12 bits per heavy atom. The van der Waals surface area contributed by atoms with Crippen LogP contribution in [0.4, 0.5) is 0 Å². The summed E-state index contributed by atoms with van der Waals surface area (Å²) in [5.74, 6) is 0.727. The molecule has 0 aliphatic carbocycles. The van der Waals surface area contributed by atoms with E-state index in [1.807, 2.05) is 12.3 Å². The van der Waals surface area contributed by atoms with Crippen molar-refractivity contribution in [3.63, 3.8) is 0 Å². The molecular weight excluding hydrogens is 342 g/mol. The molecule has 5 heteroatoms. The van der Waals surface area contributed by atoms with Crippen LogP contribution in [-0.4, -0.2) is 41.9 Å². The Morgan fingerprint density at radius 3 is 2.62 bits per heavy atom. The van der Waals surface area contributed by atoms with E-state index in [9.17, 15) is 0 Å². The maximum Gasteiger partial charge on any atom is 0.213 e. The minimum atomic E-state index is 0.658. The molecule has 4 nitrogen and oxygen atoms in total. The largest absolute Gasteiger partial charge is 0.478 e. The summed E-state index contributed by atoms with van der Waals surface area (Å²) in [7, 11) is 0. The molecule has 0 radical (unpaired) electrons. The standard InChI is InChI=1S/C21H29N3OS/c1-26-23-20-11-13-24(14-12-20)17-19-9-10-21(22-16-19)25-15-5-8-18-6-3-2-4-7-18/h2-4,6-7,9-10,16,20,23H,5,8,11-15,17H2,1H3. The Labute approximate surface area is 161 Å². The van der Waals surface area contributed by atoms with Crippen LogP contribution in [0.1, 0.15) is 30.4 Å². The quantitative estimate of drug-likeness (QED) is 0.534. The second kappa shape index (κ2) is 10.6. The Bertz CT molecular complexity index is 627. The van der Waals surface area contributed by atoms with Gasteiger partial charge in [-0.1, -0.05) is 48.3 Å². The first-order valence-electron chi connectivity index (χ1n) is 9.46. The third-order valence-corrected chi connectivity index (χ3v) is 5.35. The molecule has 3 rings (SSSR count). The van der Waals surface area contributed by atoms with E-state index in [0.717, 1.165) is 38.4 Å². The number of aryl methyl sites for hydroxylation is 1. The fourth-order valence-corrected chi connectivity index (χ4v) is 3.89. The molecule has 140 valence electrons. The smallest absolute Gasteiger partial charge is 0.213 e. The van der Waals surface area contributed by atoms with Gasteiger partial charge < -0.3 is 4.74 Å². The monoisotopic (exact) mass is 371 g/mol. The van der Waals surface area contributed by atoms with Gasteiger partial charge in [0.05, 0.1) is 6.61 Å². The number of aromatic nitrogens is 1. The summed E-state index contributed by atoms with van der Waals surface area (Å²) in [4.78, 5) is 6.98. The first kappa shape index (κ1) is 19.2. The van der Waals surface area contributed by atoms with E-state index in [-0.39, 0.29) is 0 Å². The maximum absolute atomic E-state index is 5.78. The van der Waals surface area contributed by atoms with Crippen molar-refractivity contribution in [1.29, 1.82) is 0 Å². The first-order valence-corrected chi connectivity index (χ1v) is 10.7. The zero-order valence-corrected chi connectivity index (χ0v) is 16.4. The zero-order chi connectivity index (χ0) is 18.0. The molecule has 1 N–H and O–H groups in total. The number of piperidine rings is 1. The lowest BCUT2D eigenvalue weighted by Crippen LogP contribution is -2.39. The molecule has 0 saturated carbocycles. The minimum absolute atomic E-state index is 0.658. The second-order valence-corrected chi connectivity index (χ2v) is 7.46. The van der Waals surface area contributed by atoms with Crippen molar-refractivity contribution in [3.8, 4) is 5.88 Å². The van der Waals surface area contributed by atoms with E-state index in [0.29, 0.717) is 12.6 Å². The number of benzene rings is 1. The van der Waals surface area contributed by atoms with Crippen LogP contribution >= 0.6 is 11.9 Å². The van der Waals surface area contributed by atoms with Crippen molar-refractivity contribution in [1.82, 2.24) is 14.6 Å². The number of nitrogens with one attached hydrogen (secondary N) is 1. The highest BCUT2D eigenvalue weighted by Gasteiger charge is 2.18. The van der Waals surface area contributed by atoms with E-state index in [2.05, 4.69) is 57.3 Å². The summed E-state index contributed by atoms with van der Waals surface area (Å²) in [6.07, 6.45) is 8.54. The normalized spacial score (nSPS) is 15.9.